The minimum absolute atomic E-state index is 0.0354. The first kappa shape index (κ1) is 17.0. The molecule has 0 saturated carbocycles. The Kier molecular flexibility index (Phi) is 4.11. The van der Waals surface area contributed by atoms with Crippen LogP contribution in [0.2, 0.25) is 0 Å². The Hall–Kier alpha value is -2.09. The Balaban J connectivity index is 1.37. The number of benzene rings is 1. The van der Waals surface area contributed by atoms with E-state index in [-0.39, 0.29) is 11.4 Å². The number of thiazole rings is 2. The van der Waals surface area contributed by atoms with E-state index in [4.69, 9.17) is 4.98 Å². The summed E-state index contributed by atoms with van der Waals surface area (Å²) in [5, 5.41) is 7.44. The van der Waals surface area contributed by atoms with Crippen LogP contribution in [0.5, 0.6) is 0 Å². The number of carbonyl (C=O) groups excluding carboxylic acids is 1. The zero-order valence-corrected chi connectivity index (χ0v) is 16.7. The predicted molar refractivity (Wildman–Crippen MR) is 108 cm³/mol. The van der Waals surface area contributed by atoms with E-state index < -0.39 is 0 Å². The molecule has 0 unspecified atom stereocenters. The SMILES string of the molecule is Cc1nc(CN2CCC3(CC2)NC(=O)c2sc(-c4ccccc4)nc23)cs1. The molecule has 3 aromatic rings. The average Bonchev–Trinajstić information content (AvgIpc) is 3.36. The van der Waals surface area contributed by atoms with Crippen LogP contribution >= 0.6 is 22.7 Å². The molecule has 1 aromatic carbocycles. The fourth-order valence-electron chi connectivity index (χ4n) is 4.00. The summed E-state index contributed by atoms with van der Waals surface area (Å²) >= 11 is 3.21. The van der Waals surface area contributed by atoms with E-state index in [1.54, 1.807) is 11.3 Å². The van der Waals surface area contributed by atoms with Gasteiger partial charge in [-0.05, 0) is 19.8 Å². The van der Waals surface area contributed by atoms with Crippen molar-refractivity contribution in [3.8, 4) is 10.6 Å². The Morgan fingerprint density at radius 2 is 1.96 bits per heavy atom. The van der Waals surface area contributed by atoms with E-state index in [0.717, 1.165) is 64.3 Å². The number of rotatable bonds is 3. The third-order valence-corrected chi connectivity index (χ3v) is 7.35. The molecule has 7 heteroatoms. The minimum atomic E-state index is -0.301. The van der Waals surface area contributed by atoms with Gasteiger partial charge in [-0.3, -0.25) is 9.69 Å². The Bertz CT molecular complexity index is 987. The van der Waals surface area contributed by atoms with Crippen LogP contribution in [-0.4, -0.2) is 33.9 Å². The van der Waals surface area contributed by atoms with Crippen molar-refractivity contribution in [1.82, 2.24) is 20.2 Å². The first-order chi connectivity index (χ1) is 13.1. The van der Waals surface area contributed by atoms with Crippen molar-refractivity contribution < 1.29 is 4.79 Å². The van der Waals surface area contributed by atoms with Crippen molar-refractivity contribution in [3.05, 3.63) is 57.0 Å². The summed E-state index contributed by atoms with van der Waals surface area (Å²) in [7, 11) is 0. The maximum absolute atomic E-state index is 12.6. The van der Waals surface area contributed by atoms with Crippen LogP contribution in [0.4, 0.5) is 0 Å². The summed E-state index contributed by atoms with van der Waals surface area (Å²) in [6, 6.07) is 10.1. The molecule has 1 amide bonds. The highest BCUT2D eigenvalue weighted by atomic mass is 32.1. The van der Waals surface area contributed by atoms with Crippen molar-refractivity contribution in [1.29, 1.82) is 0 Å². The molecule has 0 aliphatic carbocycles. The molecule has 0 radical (unpaired) electrons. The van der Waals surface area contributed by atoms with E-state index in [2.05, 4.69) is 32.7 Å². The van der Waals surface area contributed by atoms with Crippen molar-refractivity contribution in [2.24, 2.45) is 0 Å². The van der Waals surface area contributed by atoms with E-state index in [1.165, 1.54) is 11.3 Å². The van der Waals surface area contributed by atoms with Gasteiger partial charge in [-0.25, -0.2) is 9.97 Å². The van der Waals surface area contributed by atoms with Crippen LogP contribution in [0, 0.1) is 6.92 Å². The molecule has 2 aliphatic heterocycles. The Morgan fingerprint density at radius 1 is 1.19 bits per heavy atom. The Labute approximate surface area is 166 Å². The van der Waals surface area contributed by atoms with Gasteiger partial charge in [0, 0.05) is 30.6 Å². The number of fused-ring (bicyclic) bond motifs is 2. The highest BCUT2D eigenvalue weighted by molar-refractivity contribution is 7.17. The second-order valence-electron chi connectivity index (χ2n) is 7.23. The molecule has 4 heterocycles. The zero-order valence-electron chi connectivity index (χ0n) is 15.1. The van der Waals surface area contributed by atoms with Gasteiger partial charge in [-0.1, -0.05) is 30.3 Å². The van der Waals surface area contributed by atoms with Crippen LogP contribution in [0.3, 0.4) is 0 Å². The van der Waals surface area contributed by atoms with Crippen molar-refractivity contribution in [2.75, 3.05) is 13.1 Å². The average molecular weight is 397 g/mol. The van der Waals surface area contributed by atoms with Gasteiger partial charge in [0.05, 0.1) is 21.9 Å². The second kappa shape index (κ2) is 6.51. The summed E-state index contributed by atoms with van der Waals surface area (Å²) in [6.45, 7) is 4.80. The topological polar surface area (TPSA) is 58.1 Å². The fourth-order valence-corrected chi connectivity index (χ4v) is 5.67. The molecular weight excluding hydrogens is 376 g/mol. The molecule has 1 N–H and O–H groups in total. The Morgan fingerprint density at radius 3 is 2.67 bits per heavy atom. The van der Waals surface area contributed by atoms with Gasteiger partial charge >= 0.3 is 0 Å². The number of nitrogens with one attached hydrogen (secondary N) is 1. The molecule has 138 valence electrons. The number of aromatic nitrogens is 2. The van der Waals surface area contributed by atoms with Crippen LogP contribution in [0.25, 0.3) is 10.6 Å². The molecule has 1 fully saturated rings. The molecule has 0 bridgehead atoms. The van der Waals surface area contributed by atoms with E-state index in [9.17, 15) is 4.79 Å². The number of aryl methyl sites for hydroxylation is 1. The summed E-state index contributed by atoms with van der Waals surface area (Å²) in [6.07, 6.45) is 1.79. The molecule has 0 atom stereocenters. The molecule has 5 nitrogen and oxygen atoms in total. The highest BCUT2D eigenvalue weighted by Gasteiger charge is 2.47. The maximum atomic E-state index is 12.6. The number of amides is 1. The molecule has 5 rings (SSSR count). The van der Waals surface area contributed by atoms with Gasteiger partial charge in [-0.2, -0.15) is 0 Å². The van der Waals surface area contributed by atoms with Crippen LogP contribution in [0.15, 0.2) is 35.7 Å². The van der Waals surface area contributed by atoms with E-state index in [0.29, 0.717) is 0 Å². The van der Waals surface area contributed by atoms with E-state index >= 15 is 0 Å². The number of nitrogens with zero attached hydrogens (tertiary/aromatic N) is 3. The monoisotopic (exact) mass is 396 g/mol. The van der Waals surface area contributed by atoms with E-state index in [1.807, 2.05) is 25.1 Å². The van der Waals surface area contributed by atoms with Crippen molar-refractivity contribution in [3.63, 3.8) is 0 Å². The lowest BCUT2D eigenvalue weighted by atomic mass is 9.86. The lowest BCUT2D eigenvalue weighted by Gasteiger charge is -2.38. The summed E-state index contributed by atoms with van der Waals surface area (Å²) in [5.41, 5.74) is 2.88. The number of piperidine rings is 1. The largest absolute Gasteiger partial charge is 0.340 e. The molecule has 1 saturated heterocycles. The van der Waals surface area contributed by atoms with Gasteiger partial charge in [-0.15, -0.1) is 22.7 Å². The molecule has 1 spiro atoms. The van der Waals surface area contributed by atoms with Gasteiger partial charge in [0.2, 0.25) is 0 Å². The third kappa shape index (κ3) is 2.99. The number of likely N-dealkylation sites (tertiary alicyclic amines) is 1. The smallest absolute Gasteiger partial charge is 0.264 e. The number of hydrogen-bond acceptors (Lipinski definition) is 6. The minimum Gasteiger partial charge on any atom is -0.340 e. The maximum Gasteiger partial charge on any atom is 0.264 e. The highest BCUT2D eigenvalue weighted by Crippen LogP contribution is 2.43. The summed E-state index contributed by atoms with van der Waals surface area (Å²) in [4.78, 5) is 25.3. The second-order valence-corrected chi connectivity index (χ2v) is 9.29. The molecular formula is C20H20N4OS2. The quantitative estimate of drug-likeness (QED) is 0.731. The van der Waals surface area contributed by atoms with Crippen molar-refractivity contribution >= 4 is 28.6 Å². The van der Waals surface area contributed by atoms with Crippen LogP contribution in [-0.2, 0) is 12.1 Å². The van der Waals surface area contributed by atoms with Gasteiger partial charge in [0.15, 0.2) is 0 Å². The predicted octanol–water partition coefficient (Wildman–Crippen LogP) is 3.81. The first-order valence-electron chi connectivity index (χ1n) is 9.16. The zero-order chi connectivity index (χ0) is 18.4. The lowest BCUT2D eigenvalue weighted by Crippen LogP contribution is -2.49. The fraction of sp³-hybridized carbons (Fsp3) is 0.350. The summed E-state index contributed by atoms with van der Waals surface area (Å²) < 4.78 is 0. The number of carbonyl (C=O) groups is 1. The molecule has 2 aliphatic rings. The van der Waals surface area contributed by atoms with Crippen molar-refractivity contribution in [2.45, 2.75) is 31.8 Å². The van der Waals surface area contributed by atoms with Gasteiger partial charge in [0.25, 0.3) is 5.91 Å². The van der Waals surface area contributed by atoms with Crippen LogP contribution in [0.1, 0.15) is 38.9 Å². The standard InChI is InChI=1S/C20H20N4OS2/c1-13-21-15(12-26-13)11-24-9-7-20(8-10-24)17-16(18(25)23-20)27-19(22-17)14-5-3-2-4-6-14/h2-6,12H,7-11H2,1H3,(H,23,25). The third-order valence-electron chi connectivity index (χ3n) is 5.42. The van der Waals surface area contributed by atoms with Gasteiger partial charge in [0.1, 0.15) is 9.88 Å². The van der Waals surface area contributed by atoms with Gasteiger partial charge < -0.3 is 5.32 Å². The summed E-state index contributed by atoms with van der Waals surface area (Å²) in [5.74, 6) is 0.0354. The normalized spacial score (nSPS) is 18.6. The molecule has 2 aromatic heterocycles. The van der Waals surface area contributed by atoms with Crippen LogP contribution < -0.4 is 5.32 Å². The first-order valence-corrected chi connectivity index (χ1v) is 10.9. The lowest BCUT2D eigenvalue weighted by molar-refractivity contribution is 0.0853. The molecule has 27 heavy (non-hydrogen) atoms. The number of hydrogen-bond donors (Lipinski definition) is 1.